The van der Waals surface area contributed by atoms with Gasteiger partial charge in [0.05, 0.1) is 17.4 Å². The van der Waals surface area contributed by atoms with Crippen molar-refractivity contribution in [2.24, 2.45) is 7.05 Å². The third kappa shape index (κ3) is 3.28. The fourth-order valence-electron chi connectivity index (χ4n) is 2.92. The summed E-state index contributed by atoms with van der Waals surface area (Å²) in [6, 6.07) is 5.05. The number of anilines is 1. The van der Waals surface area contributed by atoms with E-state index in [0.717, 1.165) is 12.0 Å². The van der Waals surface area contributed by atoms with Gasteiger partial charge in [0, 0.05) is 50.4 Å². The molecule has 1 saturated heterocycles. The molecule has 126 valence electrons. The lowest BCUT2D eigenvalue weighted by molar-refractivity contribution is -0.117. The van der Waals surface area contributed by atoms with Crippen molar-refractivity contribution in [3.05, 3.63) is 46.7 Å². The minimum absolute atomic E-state index is 0.0289. The number of carbonyl (C=O) groups is 2. The minimum Gasteiger partial charge on any atom is -0.337 e. The highest BCUT2D eigenvalue weighted by atomic mass is 35.5. The lowest BCUT2D eigenvalue weighted by Gasteiger charge is -2.23. The van der Waals surface area contributed by atoms with Crippen LogP contribution < -0.4 is 4.90 Å². The molecule has 0 N–H and O–H groups in total. The number of carbonyl (C=O) groups excluding carboxylic acids is 2. The zero-order valence-electron chi connectivity index (χ0n) is 13.7. The van der Waals surface area contributed by atoms with Crippen LogP contribution in [0.2, 0.25) is 5.02 Å². The van der Waals surface area contributed by atoms with Gasteiger partial charge in [0.2, 0.25) is 5.91 Å². The van der Waals surface area contributed by atoms with Crippen LogP contribution in [0.1, 0.15) is 28.8 Å². The molecule has 2 aromatic rings. The summed E-state index contributed by atoms with van der Waals surface area (Å²) in [5.74, 6) is -0.119. The molecule has 2 amide bonds. The lowest BCUT2D eigenvalue weighted by Crippen LogP contribution is -2.30. The van der Waals surface area contributed by atoms with Crippen molar-refractivity contribution in [3.63, 3.8) is 0 Å². The first-order chi connectivity index (χ1) is 11.5. The highest BCUT2D eigenvalue weighted by molar-refractivity contribution is 6.31. The van der Waals surface area contributed by atoms with Crippen LogP contribution in [-0.4, -0.2) is 40.1 Å². The summed E-state index contributed by atoms with van der Waals surface area (Å²) >= 11 is 6.09. The predicted octanol–water partition coefficient (Wildman–Crippen LogP) is 2.47. The molecule has 24 heavy (non-hydrogen) atoms. The molecule has 0 saturated carbocycles. The molecule has 2 heterocycles. The fourth-order valence-corrected chi connectivity index (χ4v) is 3.08. The first-order valence-electron chi connectivity index (χ1n) is 7.78. The normalized spacial score (nSPS) is 14.3. The average molecular weight is 347 g/mol. The van der Waals surface area contributed by atoms with Gasteiger partial charge in [0.25, 0.3) is 5.91 Å². The quantitative estimate of drug-likeness (QED) is 0.854. The van der Waals surface area contributed by atoms with Gasteiger partial charge in [-0.1, -0.05) is 11.6 Å². The molecule has 0 aliphatic carbocycles. The zero-order valence-corrected chi connectivity index (χ0v) is 14.5. The molecule has 1 fully saturated rings. The van der Waals surface area contributed by atoms with Crippen molar-refractivity contribution < 1.29 is 9.59 Å². The number of halogens is 1. The van der Waals surface area contributed by atoms with Gasteiger partial charge in [-0.3, -0.25) is 14.3 Å². The van der Waals surface area contributed by atoms with Crippen LogP contribution in [0.25, 0.3) is 0 Å². The second-order valence-electron chi connectivity index (χ2n) is 5.99. The molecule has 1 aromatic heterocycles. The summed E-state index contributed by atoms with van der Waals surface area (Å²) in [7, 11) is 3.57. The Kier molecular flexibility index (Phi) is 4.57. The Morgan fingerprint density at radius 1 is 1.42 bits per heavy atom. The smallest absolute Gasteiger partial charge is 0.256 e. The molecule has 1 aliphatic heterocycles. The van der Waals surface area contributed by atoms with Crippen LogP contribution in [-0.2, 0) is 18.4 Å². The Balaban J connectivity index is 1.87. The van der Waals surface area contributed by atoms with Gasteiger partial charge in [-0.25, -0.2) is 0 Å². The SMILES string of the molecule is CN(Cc1cnn(C)c1)C(=O)c1ccc(Cl)cc1N1CCCC1=O. The van der Waals surface area contributed by atoms with Crippen LogP contribution in [0, 0.1) is 0 Å². The second-order valence-corrected chi connectivity index (χ2v) is 6.43. The van der Waals surface area contributed by atoms with Crippen LogP contribution in [0.3, 0.4) is 0 Å². The van der Waals surface area contributed by atoms with Crippen LogP contribution >= 0.6 is 11.6 Å². The largest absolute Gasteiger partial charge is 0.337 e. The van der Waals surface area contributed by atoms with Gasteiger partial charge in [0.15, 0.2) is 0 Å². The zero-order chi connectivity index (χ0) is 17.3. The monoisotopic (exact) mass is 346 g/mol. The maximum Gasteiger partial charge on any atom is 0.256 e. The van der Waals surface area contributed by atoms with E-state index in [9.17, 15) is 9.59 Å². The van der Waals surface area contributed by atoms with E-state index in [1.54, 1.807) is 45.9 Å². The summed E-state index contributed by atoms with van der Waals surface area (Å²) < 4.78 is 1.70. The standard InChI is InChI=1S/C17H19ClN4O2/c1-20(10-12-9-19-21(2)11-12)17(24)14-6-5-13(18)8-15(14)22-7-3-4-16(22)23/h5-6,8-9,11H,3-4,7,10H2,1-2H3. The van der Waals surface area contributed by atoms with Gasteiger partial charge in [-0.05, 0) is 24.6 Å². The Hall–Kier alpha value is -2.34. The Morgan fingerprint density at radius 3 is 2.83 bits per heavy atom. The number of hydrogen-bond donors (Lipinski definition) is 0. The number of hydrogen-bond acceptors (Lipinski definition) is 3. The summed E-state index contributed by atoms with van der Waals surface area (Å²) in [4.78, 5) is 28.2. The molecular formula is C17H19ClN4O2. The summed E-state index contributed by atoms with van der Waals surface area (Å²) in [5, 5.41) is 4.62. The van der Waals surface area contributed by atoms with Crippen molar-refractivity contribution in [1.29, 1.82) is 0 Å². The van der Waals surface area contributed by atoms with Crippen molar-refractivity contribution in [2.45, 2.75) is 19.4 Å². The van der Waals surface area contributed by atoms with E-state index in [4.69, 9.17) is 11.6 Å². The number of aryl methyl sites for hydroxylation is 1. The molecule has 0 spiro atoms. The van der Waals surface area contributed by atoms with Crippen molar-refractivity contribution >= 4 is 29.1 Å². The molecule has 0 bridgehead atoms. The van der Waals surface area contributed by atoms with Crippen LogP contribution in [0.5, 0.6) is 0 Å². The van der Waals surface area contributed by atoms with Gasteiger partial charge in [0.1, 0.15) is 0 Å². The number of benzene rings is 1. The number of amides is 2. The molecule has 7 heteroatoms. The van der Waals surface area contributed by atoms with Crippen molar-refractivity contribution in [1.82, 2.24) is 14.7 Å². The van der Waals surface area contributed by atoms with E-state index in [2.05, 4.69) is 5.10 Å². The maximum absolute atomic E-state index is 12.9. The van der Waals surface area contributed by atoms with E-state index >= 15 is 0 Å². The van der Waals surface area contributed by atoms with E-state index in [1.807, 2.05) is 13.2 Å². The maximum atomic E-state index is 12.9. The van der Waals surface area contributed by atoms with E-state index < -0.39 is 0 Å². The number of nitrogens with zero attached hydrogens (tertiary/aromatic N) is 4. The van der Waals surface area contributed by atoms with Gasteiger partial charge in [-0.2, -0.15) is 5.10 Å². The minimum atomic E-state index is -0.148. The molecular weight excluding hydrogens is 328 g/mol. The number of rotatable bonds is 4. The number of aromatic nitrogens is 2. The fraction of sp³-hybridized carbons (Fsp3) is 0.353. The lowest BCUT2D eigenvalue weighted by atomic mass is 10.1. The first kappa shape index (κ1) is 16.5. The molecule has 6 nitrogen and oxygen atoms in total. The van der Waals surface area contributed by atoms with Crippen LogP contribution in [0.4, 0.5) is 5.69 Å². The average Bonchev–Trinajstić information content (AvgIpc) is 3.15. The molecule has 1 aromatic carbocycles. The molecule has 1 aliphatic rings. The molecule has 0 unspecified atom stereocenters. The molecule has 3 rings (SSSR count). The van der Waals surface area contributed by atoms with E-state index in [0.29, 0.717) is 35.8 Å². The van der Waals surface area contributed by atoms with Gasteiger partial charge >= 0.3 is 0 Å². The summed E-state index contributed by atoms with van der Waals surface area (Å²) in [5.41, 5.74) is 2.02. The highest BCUT2D eigenvalue weighted by Crippen LogP contribution is 2.29. The second kappa shape index (κ2) is 6.65. The van der Waals surface area contributed by atoms with Crippen molar-refractivity contribution in [2.75, 3.05) is 18.5 Å². The summed E-state index contributed by atoms with van der Waals surface area (Å²) in [6.45, 7) is 1.06. The van der Waals surface area contributed by atoms with Crippen molar-refractivity contribution in [3.8, 4) is 0 Å². The molecule has 0 radical (unpaired) electrons. The summed E-state index contributed by atoms with van der Waals surface area (Å²) in [6.07, 6.45) is 4.91. The Morgan fingerprint density at radius 2 is 2.21 bits per heavy atom. The van der Waals surface area contributed by atoms with E-state index in [-0.39, 0.29) is 11.8 Å². The third-order valence-electron chi connectivity index (χ3n) is 4.08. The Bertz CT molecular complexity index is 787. The molecule has 0 atom stereocenters. The van der Waals surface area contributed by atoms with Gasteiger partial charge in [-0.15, -0.1) is 0 Å². The van der Waals surface area contributed by atoms with Crippen LogP contribution in [0.15, 0.2) is 30.6 Å². The third-order valence-corrected chi connectivity index (χ3v) is 4.31. The highest BCUT2D eigenvalue weighted by Gasteiger charge is 2.27. The van der Waals surface area contributed by atoms with E-state index in [1.165, 1.54) is 0 Å². The van der Waals surface area contributed by atoms with Gasteiger partial charge < -0.3 is 9.80 Å². The predicted molar refractivity (Wildman–Crippen MR) is 92.0 cm³/mol. The first-order valence-corrected chi connectivity index (χ1v) is 8.16. The topological polar surface area (TPSA) is 58.4 Å². The Labute approximate surface area is 145 Å².